The normalized spacial score (nSPS) is 11.9. The fourth-order valence-corrected chi connectivity index (χ4v) is 2.42. The molecule has 2 rings (SSSR count). The van der Waals surface area contributed by atoms with Crippen LogP contribution in [0.4, 0.5) is 5.69 Å². The van der Waals surface area contributed by atoms with Crippen LogP contribution < -0.4 is 5.32 Å². The van der Waals surface area contributed by atoms with Gasteiger partial charge in [0.25, 0.3) is 5.91 Å². The Hall–Kier alpha value is -1.53. The maximum absolute atomic E-state index is 12.0. The van der Waals surface area contributed by atoms with E-state index in [1.165, 1.54) is 6.20 Å². The molecule has 1 aromatic carbocycles. The molecule has 0 spiro atoms. The van der Waals surface area contributed by atoms with E-state index in [0.717, 1.165) is 4.47 Å². The molecule has 1 heterocycles. The molecule has 0 aliphatic rings. The highest BCUT2D eigenvalue weighted by atomic mass is 79.9. The number of hydrogen-bond acceptors (Lipinski definition) is 3. The number of pyridine rings is 1. The summed E-state index contributed by atoms with van der Waals surface area (Å²) < 4.78 is 12.1. The Labute approximate surface area is 121 Å². The van der Waals surface area contributed by atoms with E-state index in [0.29, 0.717) is 16.1 Å². The van der Waals surface area contributed by atoms with Crippen LogP contribution in [-0.2, 0) is 10.8 Å². The number of aromatic nitrogens is 1. The smallest absolute Gasteiger partial charge is 0.257 e. The number of amides is 1. The van der Waals surface area contributed by atoms with E-state index in [2.05, 4.69) is 26.2 Å². The first-order valence-electron chi connectivity index (χ1n) is 5.41. The lowest BCUT2D eigenvalue weighted by atomic mass is 10.2. The zero-order valence-corrected chi connectivity index (χ0v) is 12.5. The Morgan fingerprint density at radius 1 is 1.32 bits per heavy atom. The van der Waals surface area contributed by atoms with E-state index in [9.17, 15) is 9.00 Å². The molecule has 1 aromatic heterocycles. The number of carbonyl (C=O) groups is 1. The Bertz CT molecular complexity index is 646. The summed E-state index contributed by atoms with van der Waals surface area (Å²) in [6, 6.07) is 8.64. The summed E-state index contributed by atoms with van der Waals surface area (Å²) in [5.41, 5.74) is 1.06. The Morgan fingerprint density at radius 2 is 2.11 bits per heavy atom. The number of anilines is 1. The van der Waals surface area contributed by atoms with Gasteiger partial charge < -0.3 is 5.32 Å². The van der Waals surface area contributed by atoms with Gasteiger partial charge in [-0.1, -0.05) is 6.07 Å². The lowest BCUT2D eigenvalue weighted by molar-refractivity contribution is 0.102. The minimum absolute atomic E-state index is 0.257. The van der Waals surface area contributed by atoms with Gasteiger partial charge in [0.15, 0.2) is 0 Å². The topological polar surface area (TPSA) is 59.1 Å². The second-order valence-corrected chi connectivity index (χ2v) is 6.12. The van der Waals surface area contributed by atoms with E-state index in [4.69, 9.17) is 0 Å². The van der Waals surface area contributed by atoms with Gasteiger partial charge in [0, 0.05) is 44.5 Å². The molecule has 0 saturated heterocycles. The standard InChI is InChI=1S/C13H11BrN2O2S/c1-19(18)12-4-2-3-11(6-12)16-13(17)9-5-10(14)8-15-7-9/h2-8H,1H3,(H,16,17)/t19-/m1/s1. The number of benzene rings is 1. The number of nitrogens with one attached hydrogen (secondary N) is 1. The van der Waals surface area contributed by atoms with Crippen molar-refractivity contribution in [2.75, 3.05) is 11.6 Å². The van der Waals surface area contributed by atoms with Gasteiger partial charge in [-0.25, -0.2) is 0 Å². The van der Waals surface area contributed by atoms with E-state index >= 15 is 0 Å². The van der Waals surface area contributed by atoms with Crippen LogP contribution in [0.15, 0.2) is 52.1 Å². The Balaban J connectivity index is 2.19. The average Bonchev–Trinajstić information content (AvgIpc) is 2.39. The predicted octanol–water partition coefficient (Wildman–Crippen LogP) is 2.83. The molecule has 1 atom stereocenters. The molecular weight excluding hydrogens is 328 g/mol. The summed E-state index contributed by atoms with van der Waals surface area (Å²) in [6.07, 6.45) is 4.69. The molecule has 1 N–H and O–H groups in total. The molecule has 2 aromatic rings. The molecule has 0 aliphatic carbocycles. The lowest BCUT2D eigenvalue weighted by Crippen LogP contribution is -2.12. The number of rotatable bonds is 3. The van der Waals surface area contributed by atoms with Gasteiger partial charge in [-0.15, -0.1) is 0 Å². The molecule has 0 saturated carbocycles. The third-order valence-electron chi connectivity index (χ3n) is 2.39. The SMILES string of the molecule is C[S@@](=O)c1cccc(NC(=O)c2cncc(Br)c2)c1. The highest BCUT2D eigenvalue weighted by Crippen LogP contribution is 2.15. The van der Waals surface area contributed by atoms with Gasteiger partial charge in [-0.3, -0.25) is 14.0 Å². The van der Waals surface area contributed by atoms with Gasteiger partial charge in [-0.05, 0) is 40.2 Å². The van der Waals surface area contributed by atoms with Crippen LogP contribution in [0.3, 0.4) is 0 Å². The first-order valence-corrected chi connectivity index (χ1v) is 7.77. The molecule has 98 valence electrons. The van der Waals surface area contributed by atoms with Crippen LogP contribution >= 0.6 is 15.9 Å². The first kappa shape index (κ1) is 13.9. The van der Waals surface area contributed by atoms with Crippen molar-refractivity contribution in [3.05, 3.63) is 52.8 Å². The van der Waals surface area contributed by atoms with Crippen molar-refractivity contribution >= 4 is 38.3 Å². The summed E-state index contributed by atoms with van der Waals surface area (Å²) in [6.45, 7) is 0. The molecule has 0 bridgehead atoms. The zero-order chi connectivity index (χ0) is 13.8. The van der Waals surface area contributed by atoms with Gasteiger partial charge >= 0.3 is 0 Å². The predicted molar refractivity (Wildman–Crippen MR) is 78.7 cm³/mol. The van der Waals surface area contributed by atoms with Crippen LogP contribution in [0.2, 0.25) is 0 Å². The summed E-state index contributed by atoms with van der Waals surface area (Å²) in [5.74, 6) is -0.257. The summed E-state index contributed by atoms with van der Waals surface area (Å²) >= 11 is 3.26. The molecule has 19 heavy (non-hydrogen) atoms. The summed E-state index contributed by atoms with van der Waals surface area (Å²) in [7, 11) is -1.07. The molecule has 0 fully saturated rings. The second kappa shape index (κ2) is 6.08. The van der Waals surface area contributed by atoms with Crippen molar-refractivity contribution in [2.45, 2.75) is 4.90 Å². The third kappa shape index (κ3) is 3.71. The quantitative estimate of drug-likeness (QED) is 0.936. The van der Waals surface area contributed by atoms with Crippen LogP contribution in [0.25, 0.3) is 0 Å². The van der Waals surface area contributed by atoms with Crippen molar-refractivity contribution in [1.82, 2.24) is 4.98 Å². The van der Waals surface area contributed by atoms with E-state index in [-0.39, 0.29) is 5.91 Å². The van der Waals surface area contributed by atoms with Gasteiger partial charge in [0.05, 0.1) is 5.56 Å². The van der Waals surface area contributed by atoms with Crippen molar-refractivity contribution in [3.63, 3.8) is 0 Å². The van der Waals surface area contributed by atoms with E-state index in [1.54, 1.807) is 42.8 Å². The third-order valence-corrected chi connectivity index (χ3v) is 3.74. The highest BCUT2D eigenvalue weighted by molar-refractivity contribution is 9.10. The fourth-order valence-electron chi connectivity index (χ4n) is 1.49. The van der Waals surface area contributed by atoms with Gasteiger partial charge in [0.1, 0.15) is 0 Å². The Morgan fingerprint density at radius 3 is 2.79 bits per heavy atom. The monoisotopic (exact) mass is 338 g/mol. The van der Waals surface area contributed by atoms with Crippen LogP contribution in [-0.4, -0.2) is 21.4 Å². The van der Waals surface area contributed by atoms with Crippen LogP contribution in [0, 0.1) is 0 Å². The zero-order valence-electron chi connectivity index (χ0n) is 10.1. The number of nitrogens with zero attached hydrogens (tertiary/aromatic N) is 1. The van der Waals surface area contributed by atoms with E-state index in [1.807, 2.05) is 0 Å². The largest absolute Gasteiger partial charge is 0.322 e. The van der Waals surface area contributed by atoms with E-state index < -0.39 is 10.8 Å². The van der Waals surface area contributed by atoms with Crippen LogP contribution in [0.5, 0.6) is 0 Å². The number of halogens is 1. The van der Waals surface area contributed by atoms with Gasteiger partial charge in [-0.2, -0.15) is 0 Å². The maximum atomic E-state index is 12.0. The molecule has 0 aliphatic heterocycles. The minimum Gasteiger partial charge on any atom is -0.322 e. The van der Waals surface area contributed by atoms with Crippen molar-refractivity contribution in [2.24, 2.45) is 0 Å². The maximum Gasteiger partial charge on any atom is 0.257 e. The molecule has 0 radical (unpaired) electrons. The fraction of sp³-hybridized carbons (Fsp3) is 0.0769. The average molecular weight is 339 g/mol. The van der Waals surface area contributed by atoms with Crippen molar-refractivity contribution in [3.8, 4) is 0 Å². The molecule has 4 nitrogen and oxygen atoms in total. The van der Waals surface area contributed by atoms with Crippen molar-refractivity contribution < 1.29 is 9.00 Å². The van der Waals surface area contributed by atoms with Gasteiger partial charge in [0.2, 0.25) is 0 Å². The van der Waals surface area contributed by atoms with Crippen LogP contribution in [0.1, 0.15) is 10.4 Å². The summed E-state index contributed by atoms with van der Waals surface area (Å²) in [4.78, 5) is 16.6. The highest BCUT2D eigenvalue weighted by Gasteiger charge is 2.08. The first-order chi connectivity index (χ1) is 9.06. The Kier molecular flexibility index (Phi) is 4.44. The second-order valence-electron chi connectivity index (χ2n) is 3.83. The molecule has 1 amide bonds. The molecular formula is C13H11BrN2O2S. The van der Waals surface area contributed by atoms with Crippen molar-refractivity contribution in [1.29, 1.82) is 0 Å². The minimum atomic E-state index is -1.07. The summed E-state index contributed by atoms with van der Waals surface area (Å²) in [5, 5.41) is 2.75. The number of hydrogen-bond donors (Lipinski definition) is 1. The molecule has 0 unspecified atom stereocenters. The lowest BCUT2D eigenvalue weighted by Gasteiger charge is -2.06. The molecule has 6 heteroatoms. The number of carbonyl (C=O) groups excluding carboxylic acids is 1.